The maximum atomic E-state index is 7.23. The molecule has 0 saturated carbocycles. The fraction of sp³-hybridized carbons (Fsp3) is 0. The summed E-state index contributed by atoms with van der Waals surface area (Å²) in [4.78, 5) is 0.888. The molecule has 0 nitrogen and oxygen atoms in total. The molecule has 0 unspecified atom stereocenters. The second-order valence-electron chi connectivity index (χ2n) is 1.52. The van der Waals surface area contributed by atoms with Crippen molar-refractivity contribution in [1.82, 2.24) is 0 Å². The molecule has 1 rings (SSSR count). The van der Waals surface area contributed by atoms with E-state index in [1.165, 1.54) is 0 Å². The Morgan fingerprint density at radius 1 is 1.56 bits per heavy atom. The number of rotatable bonds is 2. The average molecular weight is 139 g/mol. The van der Waals surface area contributed by atoms with E-state index in [0.29, 0.717) is 0 Å². The molecule has 0 aliphatic carbocycles. The van der Waals surface area contributed by atoms with Gasteiger partial charge in [-0.2, -0.15) is 0 Å². The lowest BCUT2D eigenvalue weighted by Gasteiger charge is -1.90. The van der Waals surface area contributed by atoms with Gasteiger partial charge in [0.15, 0.2) is 0 Å². The van der Waals surface area contributed by atoms with Gasteiger partial charge < -0.3 is 0 Å². The van der Waals surface area contributed by atoms with Crippen molar-refractivity contribution in [2.24, 2.45) is 0 Å². The molecule has 9 heavy (non-hydrogen) atoms. The van der Waals surface area contributed by atoms with E-state index in [1.54, 1.807) is 0 Å². The van der Waals surface area contributed by atoms with Crippen LogP contribution in [0.15, 0.2) is 47.1 Å². The Hall–Kier alpha value is -0.690. The molecule has 1 heteroatoms. The second-order valence-corrected chi connectivity index (χ2v) is 2.40. The molecular formula is C8H8S. The van der Waals surface area contributed by atoms with Crippen LogP contribution in [0.5, 0.6) is 0 Å². The van der Waals surface area contributed by atoms with E-state index < -0.39 is 6.53 Å². The van der Waals surface area contributed by atoms with Gasteiger partial charge in [-0.25, -0.2) is 0 Å². The fourth-order valence-electron chi connectivity index (χ4n) is 0.547. The van der Waals surface area contributed by atoms with Crippen molar-refractivity contribution in [2.45, 2.75) is 4.90 Å². The van der Waals surface area contributed by atoms with Crippen LogP contribution in [-0.4, -0.2) is 0 Å². The van der Waals surface area contributed by atoms with Crippen LogP contribution in [0, 0.1) is 0 Å². The highest BCUT2D eigenvalue weighted by molar-refractivity contribution is 8.02. The van der Waals surface area contributed by atoms with Crippen LogP contribution >= 0.6 is 11.8 Å². The molecular weight excluding hydrogens is 128 g/mol. The van der Waals surface area contributed by atoms with E-state index in [0.717, 1.165) is 16.7 Å². The summed E-state index contributed by atoms with van der Waals surface area (Å²) in [6, 6.07) is 9.32. The van der Waals surface area contributed by atoms with E-state index in [-0.39, 0.29) is 5.38 Å². The summed E-state index contributed by atoms with van der Waals surface area (Å²) < 4.78 is 21.0. The molecule has 0 atom stereocenters. The van der Waals surface area contributed by atoms with Crippen molar-refractivity contribution < 1.29 is 4.11 Å². The lowest BCUT2D eigenvalue weighted by molar-refractivity contribution is 1.47. The predicted octanol–water partition coefficient (Wildman–Crippen LogP) is 2.92. The Kier molecular flexibility index (Phi) is 1.30. The predicted molar refractivity (Wildman–Crippen MR) is 42.5 cm³/mol. The van der Waals surface area contributed by atoms with Crippen molar-refractivity contribution in [3.63, 3.8) is 0 Å². The van der Waals surface area contributed by atoms with Gasteiger partial charge in [-0.3, -0.25) is 0 Å². The summed E-state index contributed by atoms with van der Waals surface area (Å²) in [6.45, 7) is -0.441. The number of hydrogen-bond donors (Lipinski definition) is 0. The van der Waals surface area contributed by atoms with Gasteiger partial charge in [-0.1, -0.05) is 36.5 Å². The number of thioether (sulfide) groups is 1. The largest absolute Gasteiger partial charge is 0.0987 e. The highest BCUT2D eigenvalue weighted by Gasteiger charge is 1.82. The lowest BCUT2D eigenvalue weighted by atomic mass is 10.4. The van der Waals surface area contributed by atoms with Gasteiger partial charge in [-0.05, 0) is 17.5 Å². The van der Waals surface area contributed by atoms with Crippen LogP contribution in [0.3, 0.4) is 0 Å². The summed E-state index contributed by atoms with van der Waals surface area (Å²) >= 11 is 1.12. The molecule has 0 heterocycles. The minimum atomic E-state index is -0.441. The van der Waals surface area contributed by atoms with Crippen LogP contribution in [0.1, 0.15) is 4.11 Å². The zero-order valence-corrected chi connectivity index (χ0v) is 5.61. The standard InChI is InChI=1S/C8H8S/c1-2-9-8-6-4-3-5-7-8/h2-7H,1H2/i1D2,2D. The minimum Gasteiger partial charge on any atom is -0.0987 e. The van der Waals surface area contributed by atoms with Gasteiger partial charge in [0.25, 0.3) is 0 Å². The summed E-state index contributed by atoms with van der Waals surface area (Å²) in [5, 5.41) is -0.0267. The van der Waals surface area contributed by atoms with Gasteiger partial charge in [0.2, 0.25) is 0 Å². The molecule has 0 radical (unpaired) electrons. The molecule has 1 aromatic carbocycles. The Bertz CT molecular complexity index is 278. The Balaban J connectivity index is 2.72. The highest BCUT2D eigenvalue weighted by atomic mass is 32.2. The van der Waals surface area contributed by atoms with Crippen LogP contribution in [0.25, 0.3) is 0 Å². The van der Waals surface area contributed by atoms with Crippen molar-refractivity contribution >= 4 is 11.8 Å². The topological polar surface area (TPSA) is 0 Å². The highest BCUT2D eigenvalue weighted by Crippen LogP contribution is 2.16. The molecule has 0 N–H and O–H groups in total. The van der Waals surface area contributed by atoms with Gasteiger partial charge in [0.05, 0.1) is 4.11 Å². The zero-order chi connectivity index (χ0) is 8.97. The normalized spacial score (nSPS) is 13.1. The number of benzene rings is 1. The Morgan fingerprint density at radius 2 is 2.33 bits per heavy atom. The molecule has 0 bridgehead atoms. The van der Waals surface area contributed by atoms with Crippen molar-refractivity contribution in [2.75, 3.05) is 0 Å². The van der Waals surface area contributed by atoms with Gasteiger partial charge in [0.1, 0.15) is 0 Å². The second kappa shape index (κ2) is 3.36. The maximum Gasteiger partial charge on any atom is 0.0694 e. The van der Waals surface area contributed by atoms with Crippen LogP contribution in [0.4, 0.5) is 0 Å². The molecule has 46 valence electrons. The molecule has 0 aliphatic rings. The first kappa shape index (κ1) is 3.47. The van der Waals surface area contributed by atoms with Crippen LogP contribution in [-0.2, 0) is 0 Å². The molecule has 0 amide bonds. The summed E-state index contributed by atoms with van der Waals surface area (Å²) in [5.74, 6) is 0. The molecule has 0 spiro atoms. The van der Waals surface area contributed by atoms with Gasteiger partial charge >= 0.3 is 0 Å². The first-order chi connectivity index (χ1) is 5.70. The quantitative estimate of drug-likeness (QED) is 0.568. The average Bonchev–Trinajstić information content (AvgIpc) is 2.06. The smallest absolute Gasteiger partial charge is 0.0694 e. The molecule has 0 fully saturated rings. The number of hydrogen-bond acceptors (Lipinski definition) is 1. The lowest BCUT2D eigenvalue weighted by Crippen LogP contribution is -1.62. The van der Waals surface area contributed by atoms with Crippen LogP contribution in [0.2, 0.25) is 0 Å². The van der Waals surface area contributed by atoms with Crippen molar-refractivity contribution in [3.8, 4) is 0 Å². The third-order valence-electron chi connectivity index (χ3n) is 0.912. The van der Waals surface area contributed by atoms with E-state index in [2.05, 4.69) is 0 Å². The van der Waals surface area contributed by atoms with Gasteiger partial charge in [0, 0.05) is 4.90 Å². The summed E-state index contributed by atoms with van der Waals surface area (Å²) in [5.41, 5.74) is 0. The molecule has 0 saturated heterocycles. The van der Waals surface area contributed by atoms with Crippen molar-refractivity contribution in [1.29, 1.82) is 0 Å². The third-order valence-corrected chi connectivity index (χ3v) is 1.52. The zero-order valence-electron chi connectivity index (χ0n) is 7.79. The van der Waals surface area contributed by atoms with E-state index in [9.17, 15) is 0 Å². The molecule has 1 aromatic rings. The van der Waals surface area contributed by atoms with Crippen LogP contribution < -0.4 is 0 Å². The van der Waals surface area contributed by atoms with Gasteiger partial charge in [-0.15, -0.1) is 0 Å². The minimum absolute atomic E-state index is 0.0267. The first-order valence-corrected chi connectivity index (χ1v) is 3.39. The van der Waals surface area contributed by atoms with E-state index in [4.69, 9.17) is 4.11 Å². The first-order valence-electron chi connectivity index (χ1n) is 4.07. The Morgan fingerprint density at radius 3 is 3.00 bits per heavy atom. The fourth-order valence-corrected chi connectivity index (χ4v) is 0.959. The van der Waals surface area contributed by atoms with E-state index >= 15 is 0 Å². The maximum absolute atomic E-state index is 7.23. The Labute approximate surface area is 63.8 Å². The third kappa shape index (κ3) is 1.94. The SMILES string of the molecule is [2H]C([2H])=C([2H])Sc1ccccc1. The van der Waals surface area contributed by atoms with Crippen molar-refractivity contribution in [3.05, 3.63) is 42.2 Å². The molecule has 0 aromatic heterocycles. The monoisotopic (exact) mass is 139 g/mol. The molecule has 0 aliphatic heterocycles. The van der Waals surface area contributed by atoms with E-state index in [1.807, 2.05) is 30.3 Å². The summed E-state index contributed by atoms with van der Waals surface area (Å²) in [6.07, 6.45) is 0. The summed E-state index contributed by atoms with van der Waals surface area (Å²) in [7, 11) is 0.